The van der Waals surface area contributed by atoms with E-state index in [1.54, 1.807) is 6.92 Å². The molecule has 1 aliphatic heterocycles. The lowest BCUT2D eigenvalue weighted by atomic mass is 9.94. The van der Waals surface area contributed by atoms with Gasteiger partial charge in [-0.2, -0.15) is 0 Å². The van der Waals surface area contributed by atoms with Crippen molar-refractivity contribution in [3.8, 4) is 0 Å². The Morgan fingerprint density at radius 3 is 3.10 bits per heavy atom. The second-order valence-electron chi connectivity index (χ2n) is 5.84. The maximum atomic E-state index is 12.3. The number of rotatable bonds is 4. The monoisotopic (exact) mass is 282 g/mol. The predicted molar refractivity (Wildman–Crippen MR) is 77.5 cm³/mol. The Morgan fingerprint density at radius 1 is 1.55 bits per heavy atom. The number of urea groups is 1. The van der Waals surface area contributed by atoms with Crippen LogP contribution in [0.1, 0.15) is 32.6 Å². The Hall–Kier alpha value is -1.07. The number of amides is 2. The van der Waals surface area contributed by atoms with Crippen LogP contribution in [0.25, 0.3) is 0 Å². The molecule has 0 bridgehead atoms. The van der Waals surface area contributed by atoms with E-state index >= 15 is 0 Å². The van der Waals surface area contributed by atoms with Gasteiger partial charge in [0.15, 0.2) is 0 Å². The predicted octanol–water partition coefficient (Wildman–Crippen LogP) is 1.52. The molecule has 0 aromatic heterocycles. The fraction of sp³-hybridized carbons (Fsp3) is 0.800. The third-order valence-electron chi connectivity index (χ3n) is 4.02. The molecule has 114 valence electrons. The zero-order chi connectivity index (χ0) is 14.4. The van der Waals surface area contributed by atoms with Gasteiger partial charge in [0.2, 0.25) is 0 Å². The highest BCUT2D eigenvalue weighted by Gasteiger charge is 2.28. The highest BCUT2D eigenvalue weighted by atomic mass is 16.5. The molecule has 0 aromatic carbocycles. The number of morpholine rings is 1. The van der Waals surface area contributed by atoms with Crippen LogP contribution in [0, 0.1) is 5.92 Å². The standard InChI is InChI=1S/C15H26N2O3/c1-12(18)9-14-11-20-8-7-17(14)15(19)16-10-13-5-3-2-4-6-13/h2-3,12-14,18H,4-11H2,1H3,(H,16,19)/t12-,13+,14+/m0/s1. The fourth-order valence-corrected chi connectivity index (χ4v) is 2.89. The van der Waals surface area contributed by atoms with E-state index in [0.717, 1.165) is 25.8 Å². The molecule has 5 heteroatoms. The van der Waals surface area contributed by atoms with E-state index in [1.807, 2.05) is 4.90 Å². The minimum absolute atomic E-state index is 0.0185. The van der Waals surface area contributed by atoms with Crippen LogP contribution >= 0.6 is 0 Å². The molecule has 2 N–H and O–H groups in total. The van der Waals surface area contributed by atoms with E-state index < -0.39 is 6.10 Å². The first-order valence-electron chi connectivity index (χ1n) is 7.62. The smallest absolute Gasteiger partial charge is 0.317 e. The number of nitrogens with one attached hydrogen (secondary N) is 1. The van der Waals surface area contributed by atoms with Crippen LogP contribution in [0.15, 0.2) is 12.2 Å². The average molecular weight is 282 g/mol. The lowest BCUT2D eigenvalue weighted by Gasteiger charge is -2.36. The van der Waals surface area contributed by atoms with Crippen molar-refractivity contribution in [1.29, 1.82) is 0 Å². The minimum Gasteiger partial charge on any atom is -0.393 e. The van der Waals surface area contributed by atoms with Crippen molar-refractivity contribution in [3.63, 3.8) is 0 Å². The highest BCUT2D eigenvalue weighted by Crippen LogP contribution is 2.18. The largest absolute Gasteiger partial charge is 0.393 e. The maximum absolute atomic E-state index is 12.3. The molecule has 1 heterocycles. The number of ether oxygens (including phenoxy) is 1. The summed E-state index contributed by atoms with van der Waals surface area (Å²) in [7, 11) is 0. The van der Waals surface area contributed by atoms with Crippen molar-refractivity contribution in [2.45, 2.75) is 44.8 Å². The van der Waals surface area contributed by atoms with Gasteiger partial charge in [0.1, 0.15) is 0 Å². The van der Waals surface area contributed by atoms with Crippen LogP contribution < -0.4 is 5.32 Å². The molecule has 2 amide bonds. The molecule has 1 saturated heterocycles. The maximum Gasteiger partial charge on any atom is 0.317 e. The van der Waals surface area contributed by atoms with Crippen LogP contribution in [0.4, 0.5) is 4.79 Å². The summed E-state index contributed by atoms with van der Waals surface area (Å²) < 4.78 is 5.42. The van der Waals surface area contributed by atoms with E-state index in [-0.39, 0.29) is 12.1 Å². The normalized spacial score (nSPS) is 28.2. The molecule has 5 nitrogen and oxygen atoms in total. The van der Waals surface area contributed by atoms with Gasteiger partial charge < -0.3 is 20.1 Å². The zero-order valence-electron chi connectivity index (χ0n) is 12.3. The molecule has 0 unspecified atom stereocenters. The lowest BCUT2D eigenvalue weighted by molar-refractivity contribution is -0.00446. The fourth-order valence-electron chi connectivity index (χ4n) is 2.89. The van der Waals surface area contributed by atoms with Crippen molar-refractivity contribution in [2.24, 2.45) is 5.92 Å². The molecule has 0 spiro atoms. The van der Waals surface area contributed by atoms with Crippen molar-refractivity contribution in [1.82, 2.24) is 10.2 Å². The first-order valence-corrected chi connectivity index (χ1v) is 7.62. The summed E-state index contributed by atoms with van der Waals surface area (Å²) in [6.45, 7) is 4.19. The SMILES string of the molecule is C[C@H](O)C[C@@H]1COCCN1C(=O)NC[C@@H]1CC=CCC1. The topological polar surface area (TPSA) is 61.8 Å². The highest BCUT2D eigenvalue weighted by molar-refractivity contribution is 5.74. The summed E-state index contributed by atoms with van der Waals surface area (Å²) in [6.07, 6.45) is 7.88. The summed E-state index contributed by atoms with van der Waals surface area (Å²) >= 11 is 0. The third kappa shape index (κ3) is 4.49. The lowest BCUT2D eigenvalue weighted by Crippen LogP contribution is -2.53. The molecule has 2 aliphatic rings. The number of hydrogen-bond donors (Lipinski definition) is 2. The molecule has 2 rings (SSSR count). The molecule has 3 atom stereocenters. The summed E-state index contributed by atoms with van der Waals surface area (Å²) in [4.78, 5) is 14.1. The van der Waals surface area contributed by atoms with E-state index in [2.05, 4.69) is 17.5 Å². The molecular weight excluding hydrogens is 256 g/mol. The second-order valence-corrected chi connectivity index (χ2v) is 5.84. The zero-order valence-corrected chi connectivity index (χ0v) is 12.3. The van der Waals surface area contributed by atoms with Gasteiger partial charge in [-0.25, -0.2) is 4.79 Å². The minimum atomic E-state index is -0.416. The average Bonchev–Trinajstić information content (AvgIpc) is 2.46. The Balaban J connectivity index is 1.80. The van der Waals surface area contributed by atoms with Crippen LogP contribution in [-0.4, -0.2) is 54.5 Å². The molecular formula is C15H26N2O3. The Labute approximate surface area is 121 Å². The van der Waals surface area contributed by atoms with Crippen molar-refractivity contribution >= 4 is 6.03 Å². The second kappa shape index (κ2) is 7.64. The number of nitrogens with zero attached hydrogens (tertiary/aromatic N) is 1. The number of aliphatic hydroxyl groups excluding tert-OH is 1. The van der Waals surface area contributed by atoms with Crippen LogP contribution in [-0.2, 0) is 4.74 Å². The van der Waals surface area contributed by atoms with Gasteiger partial charge in [-0.3, -0.25) is 0 Å². The molecule has 0 aromatic rings. The molecule has 1 fully saturated rings. The van der Waals surface area contributed by atoms with Crippen molar-refractivity contribution in [3.05, 3.63) is 12.2 Å². The quantitative estimate of drug-likeness (QED) is 0.769. The summed E-state index contributed by atoms with van der Waals surface area (Å²) in [6, 6.07) is -0.0384. The van der Waals surface area contributed by atoms with Gasteiger partial charge in [0, 0.05) is 13.1 Å². The van der Waals surface area contributed by atoms with E-state index in [4.69, 9.17) is 4.74 Å². The van der Waals surface area contributed by atoms with Crippen LogP contribution in [0.2, 0.25) is 0 Å². The van der Waals surface area contributed by atoms with E-state index in [9.17, 15) is 9.90 Å². The number of hydrogen-bond acceptors (Lipinski definition) is 3. The first kappa shape index (κ1) is 15.3. The van der Waals surface area contributed by atoms with Gasteiger partial charge in [-0.1, -0.05) is 12.2 Å². The van der Waals surface area contributed by atoms with Gasteiger partial charge >= 0.3 is 6.03 Å². The van der Waals surface area contributed by atoms with Crippen LogP contribution in [0.3, 0.4) is 0 Å². The summed E-state index contributed by atoms with van der Waals surface area (Å²) in [5, 5.41) is 12.6. The number of carbonyl (C=O) groups is 1. The van der Waals surface area contributed by atoms with Gasteiger partial charge in [0.25, 0.3) is 0 Å². The van der Waals surface area contributed by atoms with Crippen molar-refractivity contribution < 1.29 is 14.6 Å². The molecule has 0 radical (unpaired) electrons. The summed E-state index contributed by atoms with van der Waals surface area (Å²) in [5.41, 5.74) is 0. The third-order valence-corrected chi connectivity index (χ3v) is 4.02. The van der Waals surface area contributed by atoms with E-state index in [1.165, 1.54) is 0 Å². The Kier molecular flexibility index (Phi) is 5.86. The first-order chi connectivity index (χ1) is 9.66. The molecule has 0 saturated carbocycles. The number of carbonyl (C=O) groups excluding carboxylic acids is 1. The number of aliphatic hydroxyl groups is 1. The van der Waals surface area contributed by atoms with Gasteiger partial charge in [-0.05, 0) is 38.5 Å². The summed E-state index contributed by atoms with van der Waals surface area (Å²) in [5.74, 6) is 0.556. The van der Waals surface area contributed by atoms with Crippen LogP contribution in [0.5, 0.6) is 0 Å². The molecule has 1 aliphatic carbocycles. The van der Waals surface area contributed by atoms with Gasteiger partial charge in [-0.15, -0.1) is 0 Å². The van der Waals surface area contributed by atoms with Crippen molar-refractivity contribution in [2.75, 3.05) is 26.3 Å². The van der Waals surface area contributed by atoms with Gasteiger partial charge in [0.05, 0.1) is 25.4 Å². The molecule has 20 heavy (non-hydrogen) atoms. The Morgan fingerprint density at radius 2 is 2.40 bits per heavy atom. The Bertz CT molecular complexity index is 344. The number of allylic oxidation sites excluding steroid dienone is 2. The van der Waals surface area contributed by atoms with E-state index in [0.29, 0.717) is 32.1 Å².